The van der Waals surface area contributed by atoms with Gasteiger partial charge < -0.3 is 0 Å². The minimum absolute atomic E-state index is 0.0408. The first kappa shape index (κ1) is 13.1. The molecule has 0 aliphatic heterocycles. The molecule has 0 aliphatic carbocycles. The van der Waals surface area contributed by atoms with Gasteiger partial charge in [0.25, 0.3) is 10.0 Å². The largest absolute Gasteiger partial charge is 0.266 e. The smallest absolute Gasteiger partial charge is 0.262 e. The molecule has 0 bridgehead atoms. The van der Waals surface area contributed by atoms with E-state index in [1.807, 2.05) is 0 Å². The first-order valence-corrected chi connectivity index (χ1v) is 6.98. The van der Waals surface area contributed by atoms with Crippen molar-refractivity contribution in [2.45, 2.75) is 4.90 Å². The molecule has 2 aromatic rings. The van der Waals surface area contributed by atoms with Gasteiger partial charge in [-0.15, -0.1) is 0 Å². The third-order valence-corrected chi connectivity index (χ3v) is 4.09. The lowest BCUT2D eigenvalue weighted by Crippen LogP contribution is -2.15. The number of pyridine rings is 2. The Morgan fingerprint density at radius 1 is 1.06 bits per heavy atom. The van der Waals surface area contributed by atoms with Gasteiger partial charge in [-0.1, -0.05) is 23.2 Å². The van der Waals surface area contributed by atoms with Crippen molar-refractivity contribution in [2.24, 2.45) is 0 Å². The summed E-state index contributed by atoms with van der Waals surface area (Å²) in [5.41, 5.74) is 0. The van der Waals surface area contributed by atoms with Crippen molar-refractivity contribution in [1.82, 2.24) is 9.97 Å². The van der Waals surface area contributed by atoms with E-state index in [9.17, 15) is 8.42 Å². The molecule has 0 radical (unpaired) electrons. The Labute approximate surface area is 114 Å². The van der Waals surface area contributed by atoms with Crippen molar-refractivity contribution in [1.29, 1.82) is 0 Å². The molecule has 2 aromatic heterocycles. The van der Waals surface area contributed by atoms with Crippen molar-refractivity contribution in [3.63, 3.8) is 0 Å². The van der Waals surface area contributed by atoms with Gasteiger partial charge in [-0.05, 0) is 24.3 Å². The molecule has 0 unspecified atom stereocenters. The summed E-state index contributed by atoms with van der Waals surface area (Å²) in [4.78, 5) is 7.40. The molecule has 0 aromatic carbocycles. The fraction of sp³-hybridized carbons (Fsp3) is 0. The number of nitrogens with zero attached hydrogens (tertiary/aromatic N) is 2. The Kier molecular flexibility index (Phi) is 3.70. The topological polar surface area (TPSA) is 72.0 Å². The summed E-state index contributed by atoms with van der Waals surface area (Å²) in [6.07, 6.45) is 2.82. The fourth-order valence-corrected chi connectivity index (χ4v) is 2.92. The van der Waals surface area contributed by atoms with Gasteiger partial charge in [-0.3, -0.25) is 4.72 Å². The highest BCUT2D eigenvalue weighted by molar-refractivity contribution is 7.92. The Bertz CT molecular complexity index is 676. The van der Waals surface area contributed by atoms with Crippen LogP contribution < -0.4 is 4.72 Å². The number of rotatable bonds is 3. The zero-order chi connectivity index (χ0) is 13.2. The fourth-order valence-electron chi connectivity index (χ4n) is 1.21. The molecule has 18 heavy (non-hydrogen) atoms. The predicted octanol–water partition coefficient (Wildman–Crippen LogP) is 2.58. The lowest BCUT2D eigenvalue weighted by molar-refractivity contribution is 0.600. The molecule has 0 atom stereocenters. The molecule has 5 nitrogen and oxygen atoms in total. The van der Waals surface area contributed by atoms with Gasteiger partial charge in [-0.25, -0.2) is 18.4 Å². The van der Waals surface area contributed by atoms with E-state index in [-0.39, 0.29) is 20.9 Å². The average molecular weight is 304 g/mol. The van der Waals surface area contributed by atoms with E-state index in [4.69, 9.17) is 23.2 Å². The Hall–Kier alpha value is -1.37. The molecule has 2 rings (SSSR count). The molecule has 0 aliphatic rings. The van der Waals surface area contributed by atoms with E-state index in [0.717, 1.165) is 0 Å². The number of nitrogens with one attached hydrogen (secondary N) is 1. The molecule has 0 fully saturated rings. The van der Waals surface area contributed by atoms with Crippen LogP contribution in [0.2, 0.25) is 10.2 Å². The van der Waals surface area contributed by atoms with Gasteiger partial charge in [0.2, 0.25) is 0 Å². The van der Waals surface area contributed by atoms with Gasteiger partial charge in [0, 0.05) is 12.4 Å². The Morgan fingerprint density at radius 2 is 1.72 bits per heavy atom. The molecule has 0 spiro atoms. The summed E-state index contributed by atoms with van der Waals surface area (Å²) in [7, 11) is -3.86. The van der Waals surface area contributed by atoms with Crippen molar-refractivity contribution in [2.75, 3.05) is 4.72 Å². The predicted molar refractivity (Wildman–Crippen MR) is 69.3 cm³/mol. The van der Waals surface area contributed by atoms with Crippen LogP contribution in [0.4, 0.5) is 5.82 Å². The number of halogens is 2. The van der Waals surface area contributed by atoms with E-state index in [1.165, 1.54) is 30.6 Å². The maximum atomic E-state index is 12.0. The lowest BCUT2D eigenvalue weighted by atomic mass is 10.5. The monoisotopic (exact) mass is 303 g/mol. The summed E-state index contributed by atoms with van der Waals surface area (Å²) in [5, 5.41) is 0.0816. The zero-order valence-corrected chi connectivity index (χ0v) is 11.2. The molecule has 0 saturated heterocycles. The van der Waals surface area contributed by atoms with Gasteiger partial charge in [0.1, 0.15) is 10.0 Å². The second-order valence-electron chi connectivity index (χ2n) is 3.23. The molecule has 94 valence electrons. The Balaban J connectivity index is 2.40. The van der Waals surface area contributed by atoms with Crippen LogP contribution in [0.1, 0.15) is 0 Å². The van der Waals surface area contributed by atoms with Gasteiger partial charge in [-0.2, -0.15) is 0 Å². The van der Waals surface area contributed by atoms with Crippen LogP contribution in [0.3, 0.4) is 0 Å². The number of aromatic nitrogens is 2. The summed E-state index contributed by atoms with van der Waals surface area (Å²) >= 11 is 11.6. The highest BCUT2D eigenvalue weighted by atomic mass is 35.5. The molecule has 1 N–H and O–H groups in total. The summed E-state index contributed by atoms with van der Waals surface area (Å²) < 4.78 is 26.3. The number of anilines is 1. The van der Waals surface area contributed by atoms with E-state index in [2.05, 4.69) is 14.7 Å². The molecule has 8 heteroatoms. The number of sulfonamides is 1. The lowest BCUT2D eigenvalue weighted by Gasteiger charge is -2.08. The molecule has 0 amide bonds. The molecular formula is C10H7Cl2N3O2S. The standard InChI is InChI=1S/C10H7Cl2N3O2S/c11-7-3-1-6-14-10(7)15-18(16,17)8-4-2-5-13-9(8)12/h1-6H,(H,14,15). The summed E-state index contributed by atoms with van der Waals surface area (Å²) in [6, 6.07) is 5.93. The van der Waals surface area contributed by atoms with Crippen LogP contribution in [0, 0.1) is 0 Å². The SMILES string of the molecule is O=S(=O)(Nc1ncccc1Cl)c1cccnc1Cl. The normalized spacial score (nSPS) is 11.2. The molecule has 2 heterocycles. The van der Waals surface area contributed by atoms with Crippen LogP contribution in [0.5, 0.6) is 0 Å². The van der Waals surface area contributed by atoms with Crippen LogP contribution in [-0.4, -0.2) is 18.4 Å². The second-order valence-corrected chi connectivity index (χ2v) is 5.65. The first-order valence-electron chi connectivity index (χ1n) is 4.74. The van der Waals surface area contributed by atoms with Crippen molar-refractivity contribution in [3.05, 3.63) is 46.8 Å². The van der Waals surface area contributed by atoms with Crippen molar-refractivity contribution < 1.29 is 8.42 Å². The van der Waals surface area contributed by atoms with Gasteiger partial charge in [0.15, 0.2) is 5.82 Å². The van der Waals surface area contributed by atoms with Crippen LogP contribution in [0.15, 0.2) is 41.6 Å². The van der Waals surface area contributed by atoms with Crippen LogP contribution >= 0.6 is 23.2 Å². The van der Waals surface area contributed by atoms with Gasteiger partial charge >= 0.3 is 0 Å². The van der Waals surface area contributed by atoms with Crippen LogP contribution in [0.25, 0.3) is 0 Å². The maximum Gasteiger partial charge on any atom is 0.266 e. The first-order chi connectivity index (χ1) is 8.50. The van der Waals surface area contributed by atoms with Crippen LogP contribution in [-0.2, 0) is 10.0 Å². The minimum Gasteiger partial charge on any atom is -0.262 e. The minimum atomic E-state index is -3.86. The number of hydrogen-bond donors (Lipinski definition) is 1. The highest BCUT2D eigenvalue weighted by Crippen LogP contribution is 2.24. The quantitative estimate of drug-likeness (QED) is 0.885. The molecule has 0 saturated carbocycles. The van der Waals surface area contributed by atoms with Crippen molar-refractivity contribution in [3.8, 4) is 0 Å². The molecular weight excluding hydrogens is 297 g/mol. The van der Waals surface area contributed by atoms with E-state index >= 15 is 0 Å². The third kappa shape index (κ3) is 2.72. The van der Waals surface area contributed by atoms with Gasteiger partial charge in [0.05, 0.1) is 5.02 Å². The third-order valence-electron chi connectivity index (χ3n) is 2.00. The highest BCUT2D eigenvalue weighted by Gasteiger charge is 2.19. The van der Waals surface area contributed by atoms with E-state index < -0.39 is 10.0 Å². The van der Waals surface area contributed by atoms with E-state index in [1.54, 1.807) is 6.07 Å². The summed E-state index contributed by atoms with van der Waals surface area (Å²) in [6.45, 7) is 0. The second kappa shape index (κ2) is 5.09. The summed E-state index contributed by atoms with van der Waals surface area (Å²) in [5.74, 6) is 0.0408. The number of hydrogen-bond acceptors (Lipinski definition) is 4. The average Bonchev–Trinajstić information content (AvgIpc) is 2.32. The zero-order valence-electron chi connectivity index (χ0n) is 8.84. The van der Waals surface area contributed by atoms with Crippen molar-refractivity contribution >= 4 is 39.0 Å². The Morgan fingerprint density at radius 3 is 2.39 bits per heavy atom. The van der Waals surface area contributed by atoms with E-state index in [0.29, 0.717) is 0 Å². The maximum absolute atomic E-state index is 12.0.